The summed E-state index contributed by atoms with van der Waals surface area (Å²) in [4.78, 5) is 2.19. The monoisotopic (exact) mass is 292 g/mol. The molecular formula is C18H32N2O. The predicted molar refractivity (Wildman–Crippen MR) is 91.0 cm³/mol. The maximum absolute atomic E-state index is 6.00. The van der Waals surface area contributed by atoms with Gasteiger partial charge in [-0.05, 0) is 65.0 Å². The summed E-state index contributed by atoms with van der Waals surface area (Å²) in [6.07, 6.45) is 2.25. The first-order valence-corrected chi connectivity index (χ1v) is 8.04. The number of rotatable bonds is 9. The Hall–Kier alpha value is -1.06. The highest BCUT2D eigenvalue weighted by Crippen LogP contribution is 2.23. The van der Waals surface area contributed by atoms with Crippen molar-refractivity contribution in [1.29, 1.82) is 0 Å². The average molecular weight is 292 g/mol. The van der Waals surface area contributed by atoms with Crippen LogP contribution in [0.5, 0.6) is 5.75 Å². The van der Waals surface area contributed by atoms with Crippen LogP contribution >= 0.6 is 0 Å². The van der Waals surface area contributed by atoms with E-state index in [1.807, 2.05) is 6.07 Å². The van der Waals surface area contributed by atoms with Crippen molar-refractivity contribution in [3.8, 4) is 5.75 Å². The number of hydrogen-bond acceptors (Lipinski definition) is 3. The lowest BCUT2D eigenvalue weighted by molar-refractivity contribution is 0.114. The normalized spacial score (nSPS) is 13.5. The van der Waals surface area contributed by atoms with E-state index in [9.17, 15) is 0 Å². The summed E-state index contributed by atoms with van der Waals surface area (Å²) < 4.78 is 6.00. The maximum atomic E-state index is 6.00. The lowest BCUT2D eigenvalue weighted by Gasteiger charge is -2.32. The Balaban J connectivity index is 2.71. The molecule has 1 aromatic rings. The molecule has 0 aromatic heterocycles. The highest BCUT2D eigenvalue weighted by molar-refractivity contribution is 5.30. The molecule has 3 nitrogen and oxygen atoms in total. The molecule has 0 fully saturated rings. The lowest BCUT2D eigenvalue weighted by atomic mass is 10.0. The van der Waals surface area contributed by atoms with Gasteiger partial charge in [-0.15, -0.1) is 0 Å². The summed E-state index contributed by atoms with van der Waals surface area (Å²) in [5.74, 6) is 0.958. The Morgan fingerprint density at radius 2 is 1.95 bits per heavy atom. The summed E-state index contributed by atoms with van der Waals surface area (Å²) in [6.45, 7) is 10.5. The fourth-order valence-electron chi connectivity index (χ4n) is 2.03. The van der Waals surface area contributed by atoms with Crippen LogP contribution in [-0.2, 0) is 0 Å². The average Bonchev–Trinajstić information content (AvgIpc) is 2.46. The molecule has 0 amide bonds. The Labute approximate surface area is 130 Å². The second-order valence-corrected chi connectivity index (χ2v) is 6.48. The van der Waals surface area contributed by atoms with Gasteiger partial charge in [-0.1, -0.05) is 26.0 Å². The third-order valence-corrected chi connectivity index (χ3v) is 4.11. The Morgan fingerprint density at radius 3 is 2.52 bits per heavy atom. The zero-order valence-electron chi connectivity index (χ0n) is 14.6. The molecular weight excluding hydrogens is 260 g/mol. The van der Waals surface area contributed by atoms with Gasteiger partial charge in [0.1, 0.15) is 12.4 Å². The molecule has 0 saturated carbocycles. The molecule has 0 heterocycles. The molecule has 1 rings (SSSR count). The van der Waals surface area contributed by atoms with Gasteiger partial charge in [0, 0.05) is 11.6 Å². The summed E-state index contributed by atoms with van der Waals surface area (Å²) in [5, 5.41) is 3.59. The highest BCUT2D eigenvalue weighted by atomic mass is 16.5. The minimum absolute atomic E-state index is 0.0284. The van der Waals surface area contributed by atoms with Gasteiger partial charge in [-0.25, -0.2) is 0 Å². The van der Waals surface area contributed by atoms with Gasteiger partial charge in [0.15, 0.2) is 0 Å². The molecule has 0 aliphatic rings. The van der Waals surface area contributed by atoms with Gasteiger partial charge >= 0.3 is 0 Å². The third-order valence-electron chi connectivity index (χ3n) is 4.11. The molecule has 3 heteroatoms. The highest BCUT2D eigenvalue weighted by Gasteiger charge is 2.21. The molecule has 0 aliphatic carbocycles. The number of ether oxygens (including phenoxy) is 1. The third kappa shape index (κ3) is 5.68. The second kappa shape index (κ2) is 8.40. The minimum atomic E-state index is 0.0284. The second-order valence-electron chi connectivity index (χ2n) is 6.48. The molecule has 0 aliphatic heterocycles. The van der Waals surface area contributed by atoms with Crippen molar-refractivity contribution < 1.29 is 4.74 Å². The van der Waals surface area contributed by atoms with Crippen molar-refractivity contribution in [3.63, 3.8) is 0 Å². The van der Waals surface area contributed by atoms with Crippen LogP contribution in [0, 0.1) is 0 Å². The van der Waals surface area contributed by atoms with E-state index in [1.54, 1.807) is 0 Å². The maximum Gasteiger partial charge on any atom is 0.119 e. The molecule has 1 unspecified atom stereocenters. The standard InChI is InChI=1S/C18H32N2O/c1-7-12-19-17(8-2)15-10-9-11-16(13-15)21-14-18(3,4)20(5)6/h9-11,13,17,19H,7-8,12,14H2,1-6H3. The number of nitrogens with one attached hydrogen (secondary N) is 1. The summed E-state index contributed by atoms with van der Waals surface area (Å²) >= 11 is 0. The smallest absolute Gasteiger partial charge is 0.119 e. The SMILES string of the molecule is CCCNC(CC)c1cccc(OCC(C)(C)N(C)C)c1. The fourth-order valence-corrected chi connectivity index (χ4v) is 2.03. The predicted octanol–water partition coefficient (Wildman–Crippen LogP) is 3.86. The van der Waals surface area contributed by atoms with Gasteiger partial charge in [0.25, 0.3) is 0 Å². The van der Waals surface area contributed by atoms with E-state index in [1.165, 1.54) is 5.56 Å². The largest absolute Gasteiger partial charge is 0.492 e. The van der Waals surface area contributed by atoms with Crippen molar-refractivity contribution in [2.24, 2.45) is 0 Å². The van der Waals surface area contributed by atoms with Crippen molar-refractivity contribution in [3.05, 3.63) is 29.8 Å². The molecule has 0 spiro atoms. The van der Waals surface area contributed by atoms with Gasteiger partial charge in [0.05, 0.1) is 0 Å². The molecule has 120 valence electrons. The molecule has 21 heavy (non-hydrogen) atoms. The van der Waals surface area contributed by atoms with Crippen molar-refractivity contribution >= 4 is 0 Å². The topological polar surface area (TPSA) is 24.5 Å². The number of hydrogen-bond donors (Lipinski definition) is 1. The van der Waals surface area contributed by atoms with E-state index in [-0.39, 0.29) is 5.54 Å². The van der Waals surface area contributed by atoms with Crippen LogP contribution in [0.4, 0.5) is 0 Å². The van der Waals surface area contributed by atoms with Gasteiger partial charge in [0.2, 0.25) is 0 Å². The summed E-state index contributed by atoms with van der Waals surface area (Å²) in [7, 11) is 4.17. The molecule has 1 atom stereocenters. The van der Waals surface area contributed by atoms with Crippen molar-refractivity contribution in [2.75, 3.05) is 27.2 Å². The Morgan fingerprint density at radius 1 is 1.24 bits per heavy atom. The van der Waals surface area contributed by atoms with Gasteiger partial charge in [-0.3, -0.25) is 0 Å². The molecule has 1 aromatic carbocycles. The van der Waals surface area contributed by atoms with E-state index < -0.39 is 0 Å². The van der Waals surface area contributed by atoms with Crippen LogP contribution in [0.2, 0.25) is 0 Å². The molecule has 1 N–H and O–H groups in total. The minimum Gasteiger partial charge on any atom is -0.492 e. The van der Waals surface area contributed by atoms with E-state index >= 15 is 0 Å². The van der Waals surface area contributed by atoms with Gasteiger partial charge < -0.3 is 15.0 Å². The zero-order valence-corrected chi connectivity index (χ0v) is 14.6. The summed E-state index contributed by atoms with van der Waals surface area (Å²) in [5.41, 5.74) is 1.34. The van der Waals surface area contributed by atoms with Crippen molar-refractivity contribution in [2.45, 2.75) is 52.1 Å². The van der Waals surface area contributed by atoms with Gasteiger partial charge in [-0.2, -0.15) is 0 Å². The fraction of sp³-hybridized carbons (Fsp3) is 0.667. The number of likely N-dealkylation sites (N-methyl/N-ethyl adjacent to an activating group) is 1. The van der Waals surface area contributed by atoms with Crippen LogP contribution in [0.3, 0.4) is 0 Å². The van der Waals surface area contributed by atoms with Crippen LogP contribution in [-0.4, -0.2) is 37.7 Å². The van der Waals surface area contributed by atoms with Crippen LogP contribution in [0.25, 0.3) is 0 Å². The molecule has 0 radical (unpaired) electrons. The molecule has 0 bridgehead atoms. The zero-order chi connectivity index (χ0) is 15.9. The van der Waals surface area contributed by atoms with Crippen LogP contribution in [0.1, 0.15) is 52.1 Å². The molecule has 0 saturated heterocycles. The van der Waals surface area contributed by atoms with E-state index in [2.05, 4.69) is 70.2 Å². The number of nitrogens with zero attached hydrogens (tertiary/aromatic N) is 1. The first-order chi connectivity index (χ1) is 9.90. The first kappa shape index (κ1) is 18.0. The first-order valence-electron chi connectivity index (χ1n) is 8.04. The Bertz CT molecular complexity index is 415. The van der Waals surface area contributed by atoms with Crippen LogP contribution in [0.15, 0.2) is 24.3 Å². The van der Waals surface area contributed by atoms with E-state index in [0.29, 0.717) is 12.6 Å². The Kier molecular flexibility index (Phi) is 7.20. The summed E-state index contributed by atoms with van der Waals surface area (Å²) in [6, 6.07) is 8.89. The van der Waals surface area contributed by atoms with E-state index in [0.717, 1.165) is 25.1 Å². The lowest BCUT2D eigenvalue weighted by Crippen LogP contribution is -2.43. The quantitative estimate of drug-likeness (QED) is 0.748. The number of benzene rings is 1. The van der Waals surface area contributed by atoms with Crippen molar-refractivity contribution in [1.82, 2.24) is 10.2 Å². The van der Waals surface area contributed by atoms with E-state index in [4.69, 9.17) is 4.74 Å². The van der Waals surface area contributed by atoms with Crippen LogP contribution < -0.4 is 10.1 Å².